The van der Waals surface area contributed by atoms with Crippen LogP contribution in [0, 0.1) is 6.92 Å². The molecule has 0 saturated carbocycles. The molecule has 32 heavy (non-hydrogen) atoms. The van der Waals surface area contributed by atoms with Gasteiger partial charge in [0.2, 0.25) is 0 Å². The largest absolute Gasteiger partial charge is 0.497 e. The van der Waals surface area contributed by atoms with Crippen molar-refractivity contribution < 1.29 is 22.7 Å². The van der Waals surface area contributed by atoms with Crippen molar-refractivity contribution >= 4 is 21.6 Å². The quantitative estimate of drug-likeness (QED) is 0.531. The van der Waals surface area contributed by atoms with Crippen LogP contribution in [0.2, 0.25) is 0 Å². The minimum atomic E-state index is -3.73. The van der Waals surface area contributed by atoms with Crippen LogP contribution in [0.4, 0.5) is 5.69 Å². The van der Waals surface area contributed by atoms with Gasteiger partial charge in [0, 0.05) is 13.6 Å². The molecule has 1 amide bonds. The summed E-state index contributed by atoms with van der Waals surface area (Å²) in [6, 6.07) is 20.6. The van der Waals surface area contributed by atoms with Gasteiger partial charge >= 0.3 is 0 Å². The standard InChI is InChI=1S/C24H26N2O5S/c1-18-6-4-5-7-23(18)25-32(28,29)22-14-12-21(13-15-22)31-17-24(27)26(2)16-19-8-10-20(30-3)11-9-19/h4-15,25H,16-17H2,1-3H3. The lowest BCUT2D eigenvalue weighted by atomic mass is 10.2. The van der Waals surface area contributed by atoms with E-state index in [1.807, 2.05) is 43.3 Å². The van der Waals surface area contributed by atoms with Crippen LogP contribution in [-0.4, -0.2) is 40.0 Å². The molecule has 0 aliphatic heterocycles. The van der Waals surface area contributed by atoms with E-state index in [-0.39, 0.29) is 17.4 Å². The van der Waals surface area contributed by atoms with Crippen LogP contribution < -0.4 is 14.2 Å². The van der Waals surface area contributed by atoms with Gasteiger partial charge in [-0.2, -0.15) is 0 Å². The van der Waals surface area contributed by atoms with E-state index in [9.17, 15) is 13.2 Å². The summed E-state index contributed by atoms with van der Waals surface area (Å²) in [7, 11) is -0.428. The zero-order valence-corrected chi connectivity index (χ0v) is 19.1. The van der Waals surface area contributed by atoms with Gasteiger partial charge in [-0.05, 0) is 60.5 Å². The Bertz CT molecular complexity index is 1160. The Morgan fingerprint density at radius 1 is 0.938 bits per heavy atom. The van der Waals surface area contributed by atoms with Crippen molar-refractivity contribution in [3.63, 3.8) is 0 Å². The molecule has 0 atom stereocenters. The van der Waals surface area contributed by atoms with Gasteiger partial charge in [-0.3, -0.25) is 9.52 Å². The third kappa shape index (κ3) is 6.01. The first kappa shape index (κ1) is 23.1. The highest BCUT2D eigenvalue weighted by atomic mass is 32.2. The summed E-state index contributed by atoms with van der Waals surface area (Å²) in [5, 5.41) is 0. The molecule has 0 radical (unpaired) electrons. The van der Waals surface area contributed by atoms with Gasteiger partial charge in [0.05, 0.1) is 17.7 Å². The van der Waals surface area contributed by atoms with Crippen molar-refractivity contribution in [2.75, 3.05) is 25.5 Å². The van der Waals surface area contributed by atoms with Gasteiger partial charge in [0.1, 0.15) is 11.5 Å². The van der Waals surface area contributed by atoms with Gasteiger partial charge in [-0.15, -0.1) is 0 Å². The molecule has 1 N–H and O–H groups in total. The van der Waals surface area contributed by atoms with Gasteiger partial charge in [-0.1, -0.05) is 30.3 Å². The number of carbonyl (C=O) groups excluding carboxylic acids is 1. The minimum Gasteiger partial charge on any atom is -0.497 e. The second-order valence-corrected chi connectivity index (χ2v) is 8.96. The molecular weight excluding hydrogens is 428 g/mol. The molecule has 3 aromatic carbocycles. The second-order valence-electron chi connectivity index (χ2n) is 7.28. The van der Waals surface area contributed by atoms with Crippen molar-refractivity contribution in [2.45, 2.75) is 18.4 Å². The maximum absolute atomic E-state index is 12.6. The SMILES string of the molecule is COc1ccc(CN(C)C(=O)COc2ccc(S(=O)(=O)Nc3ccccc3C)cc2)cc1. The zero-order chi connectivity index (χ0) is 23.1. The van der Waals surface area contributed by atoms with E-state index in [1.165, 1.54) is 24.3 Å². The first-order valence-corrected chi connectivity index (χ1v) is 11.4. The number of sulfonamides is 1. The minimum absolute atomic E-state index is 0.107. The van der Waals surface area contributed by atoms with Crippen molar-refractivity contribution in [2.24, 2.45) is 0 Å². The molecule has 0 aliphatic carbocycles. The number of rotatable bonds is 9. The van der Waals surface area contributed by atoms with Crippen molar-refractivity contribution in [1.29, 1.82) is 0 Å². The fourth-order valence-corrected chi connectivity index (χ4v) is 4.09. The molecule has 168 valence electrons. The maximum Gasteiger partial charge on any atom is 0.261 e. The Balaban J connectivity index is 1.55. The van der Waals surface area contributed by atoms with Crippen LogP contribution in [0.5, 0.6) is 11.5 Å². The van der Waals surface area contributed by atoms with E-state index in [0.29, 0.717) is 18.0 Å². The third-order valence-corrected chi connectivity index (χ3v) is 6.27. The number of ether oxygens (including phenoxy) is 2. The predicted octanol–water partition coefficient (Wildman–Crippen LogP) is 3.84. The number of hydrogen-bond acceptors (Lipinski definition) is 5. The van der Waals surface area contributed by atoms with Gasteiger partial charge in [0.25, 0.3) is 15.9 Å². The number of likely N-dealkylation sites (N-methyl/N-ethyl adjacent to an activating group) is 1. The monoisotopic (exact) mass is 454 g/mol. The summed E-state index contributed by atoms with van der Waals surface area (Å²) in [6.45, 7) is 2.12. The van der Waals surface area contributed by atoms with E-state index in [4.69, 9.17) is 9.47 Å². The molecule has 0 fully saturated rings. The first-order valence-electron chi connectivity index (χ1n) is 9.97. The van der Waals surface area contributed by atoms with Gasteiger partial charge in [-0.25, -0.2) is 8.42 Å². The van der Waals surface area contributed by atoms with E-state index < -0.39 is 10.0 Å². The Kier molecular flexibility index (Phi) is 7.37. The molecule has 3 aromatic rings. The molecule has 0 unspecified atom stereocenters. The molecule has 0 saturated heterocycles. The number of nitrogens with zero attached hydrogens (tertiary/aromatic N) is 1. The normalized spacial score (nSPS) is 11.0. The highest BCUT2D eigenvalue weighted by Crippen LogP contribution is 2.21. The average Bonchev–Trinajstić information content (AvgIpc) is 2.79. The highest BCUT2D eigenvalue weighted by Gasteiger charge is 2.16. The van der Waals surface area contributed by atoms with E-state index in [0.717, 1.165) is 16.9 Å². The molecule has 0 spiro atoms. The Morgan fingerprint density at radius 3 is 2.19 bits per heavy atom. The summed E-state index contributed by atoms with van der Waals surface area (Å²) in [5.41, 5.74) is 2.32. The fraction of sp³-hybridized carbons (Fsp3) is 0.208. The highest BCUT2D eigenvalue weighted by molar-refractivity contribution is 7.92. The summed E-state index contributed by atoms with van der Waals surface area (Å²) in [6.07, 6.45) is 0. The van der Waals surface area contributed by atoms with E-state index >= 15 is 0 Å². The van der Waals surface area contributed by atoms with Crippen LogP contribution in [0.3, 0.4) is 0 Å². The lowest BCUT2D eigenvalue weighted by Gasteiger charge is -2.18. The number of anilines is 1. The predicted molar refractivity (Wildman–Crippen MR) is 123 cm³/mol. The molecule has 0 heterocycles. The Hall–Kier alpha value is -3.52. The molecule has 8 heteroatoms. The van der Waals surface area contributed by atoms with Crippen LogP contribution in [0.15, 0.2) is 77.7 Å². The second kappa shape index (κ2) is 10.2. The van der Waals surface area contributed by atoms with Crippen molar-refractivity contribution in [3.05, 3.63) is 83.9 Å². The van der Waals surface area contributed by atoms with Crippen molar-refractivity contribution in [1.82, 2.24) is 4.90 Å². The Morgan fingerprint density at radius 2 is 1.56 bits per heavy atom. The number of nitrogens with one attached hydrogen (secondary N) is 1. The van der Waals surface area contributed by atoms with Gasteiger partial charge < -0.3 is 14.4 Å². The number of amides is 1. The summed E-state index contributed by atoms with van der Waals surface area (Å²) in [4.78, 5) is 14.0. The number of aryl methyl sites for hydroxylation is 1. The van der Waals surface area contributed by atoms with E-state index in [2.05, 4.69) is 4.72 Å². The molecule has 0 bridgehead atoms. The third-order valence-electron chi connectivity index (χ3n) is 4.89. The van der Waals surface area contributed by atoms with E-state index in [1.54, 1.807) is 31.2 Å². The number of para-hydroxylation sites is 1. The van der Waals surface area contributed by atoms with Crippen LogP contribution in [0.1, 0.15) is 11.1 Å². The molecular formula is C24H26N2O5S. The summed E-state index contributed by atoms with van der Waals surface area (Å²) < 4.78 is 38.5. The average molecular weight is 455 g/mol. The number of hydrogen-bond donors (Lipinski definition) is 1. The number of methoxy groups -OCH3 is 1. The molecule has 7 nitrogen and oxygen atoms in total. The molecule has 0 aliphatic rings. The molecule has 0 aromatic heterocycles. The lowest BCUT2D eigenvalue weighted by molar-refractivity contribution is -0.132. The first-order chi connectivity index (χ1) is 15.3. The number of benzene rings is 3. The summed E-state index contributed by atoms with van der Waals surface area (Å²) >= 11 is 0. The Labute approximate surface area is 188 Å². The van der Waals surface area contributed by atoms with Gasteiger partial charge in [0.15, 0.2) is 6.61 Å². The van der Waals surface area contributed by atoms with Crippen LogP contribution >= 0.6 is 0 Å². The van der Waals surface area contributed by atoms with Crippen molar-refractivity contribution in [3.8, 4) is 11.5 Å². The fourth-order valence-electron chi connectivity index (χ4n) is 2.95. The molecule has 3 rings (SSSR count). The number of carbonyl (C=O) groups is 1. The summed E-state index contributed by atoms with van der Waals surface area (Å²) in [5.74, 6) is 0.968. The topological polar surface area (TPSA) is 84.9 Å². The smallest absolute Gasteiger partial charge is 0.261 e. The maximum atomic E-state index is 12.6. The zero-order valence-electron chi connectivity index (χ0n) is 18.2. The van der Waals surface area contributed by atoms with Crippen LogP contribution in [0.25, 0.3) is 0 Å². The lowest BCUT2D eigenvalue weighted by Crippen LogP contribution is -2.30. The van der Waals surface area contributed by atoms with Crippen LogP contribution in [-0.2, 0) is 21.4 Å².